The third-order valence-corrected chi connectivity index (χ3v) is 7.93. The number of nitrogens with one attached hydrogen (secondary N) is 4. The van der Waals surface area contributed by atoms with Crippen LogP contribution in [0.2, 0.25) is 0 Å². The number of hydrogen-bond acceptors (Lipinski definition) is 16. The maximum absolute atomic E-state index is 13.2. The van der Waals surface area contributed by atoms with Crippen LogP contribution in [0.15, 0.2) is 59.7 Å². The molecule has 0 fully saturated rings. The van der Waals surface area contributed by atoms with Gasteiger partial charge in [0, 0.05) is 64.2 Å². The Kier molecular flexibility index (Phi) is 16.9. The number of amides is 3. The van der Waals surface area contributed by atoms with Crippen molar-refractivity contribution in [2.45, 2.75) is 45.7 Å². The highest BCUT2D eigenvalue weighted by Gasteiger charge is 2.23. The number of nitro benzene ring substituents is 1. The minimum absolute atomic E-state index is 0.000675. The smallest absolute Gasteiger partial charge is 0.302 e. The molecule has 4 N–H and O–H groups in total. The lowest BCUT2D eigenvalue weighted by Crippen LogP contribution is -2.48. The van der Waals surface area contributed by atoms with Crippen LogP contribution in [0.1, 0.15) is 48.3 Å². The van der Waals surface area contributed by atoms with Gasteiger partial charge in [0.1, 0.15) is 19.3 Å². The molecule has 1 atom stereocenters. The molecule has 0 spiro atoms. The van der Waals surface area contributed by atoms with Crippen molar-refractivity contribution in [2.24, 2.45) is 4.99 Å². The number of esters is 2. The standard InChI is InChI=1S/C38H45N11O10/c1-24(50)57-19-16-39-32(52)14-13-31(36(54)40-17-20-58-25(2)51)45-35(53)27-7-9-28(10-8-27)41-21-29-22-42-34-33(44-29)37(47-38(46-34)43-23-48(3)4)59-18-15-26-5-11-30(12-6-26)49(55)56/h5-12,22-23,31,41H,13-21H2,1-4H3,(H,39,52)(H,40,54)(H,45,53)/b43-23+/t31-/m0/s1. The normalized spacial score (nSPS) is 11.3. The van der Waals surface area contributed by atoms with Gasteiger partial charge < -0.3 is 40.4 Å². The van der Waals surface area contributed by atoms with Crippen LogP contribution in [0.5, 0.6) is 5.88 Å². The molecule has 4 aromatic rings. The number of nitrogens with zero attached hydrogens (tertiary/aromatic N) is 7. The van der Waals surface area contributed by atoms with Gasteiger partial charge in [-0.3, -0.25) is 34.1 Å². The molecule has 21 heteroatoms. The molecule has 4 rings (SSSR count). The first-order chi connectivity index (χ1) is 28.3. The third kappa shape index (κ3) is 15.3. The maximum Gasteiger partial charge on any atom is 0.302 e. The van der Waals surface area contributed by atoms with Crippen molar-refractivity contribution in [2.75, 3.05) is 52.3 Å². The third-order valence-electron chi connectivity index (χ3n) is 7.93. The van der Waals surface area contributed by atoms with Crippen LogP contribution in [0.25, 0.3) is 11.2 Å². The number of aromatic nitrogens is 4. The van der Waals surface area contributed by atoms with Gasteiger partial charge in [0.05, 0.1) is 49.4 Å². The zero-order valence-electron chi connectivity index (χ0n) is 32.9. The predicted octanol–water partition coefficient (Wildman–Crippen LogP) is 2.02. The summed E-state index contributed by atoms with van der Waals surface area (Å²) in [7, 11) is 3.60. The van der Waals surface area contributed by atoms with Crippen LogP contribution >= 0.6 is 0 Å². The van der Waals surface area contributed by atoms with Crippen molar-refractivity contribution in [3.8, 4) is 5.88 Å². The molecule has 0 aliphatic heterocycles. The van der Waals surface area contributed by atoms with Crippen molar-refractivity contribution < 1.29 is 43.1 Å². The minimum Gasteiger partial charge on any atom is -0.476 e. The zero-order valence-corrected chi connectivity index (χ0v) is 32.9. The fourth-order valence-electron chi connectivity index (χ4n) is 5.05. The molecule has 312 valence electrons. The Labute approximate surface area is 338 Å². The van der Waals surface area contributed by atoms with E-state index in [0.29, 0.717) is 23.3 Å². The van der Waals surface area contributed by atoms with E-state index in [-0.39, 0.29) is 81.0 Å². The fourth-order valence-corrected chi connectivity index (χ4v) is 5.05. The average Bonchev–Trinajstić information content (AvgIpc) is 3.21. The number of ether oxygens (including phenoxy) is 3. The summed E-state index contributed by atoms with van der Waals surface area (Å²) < 4.78 is 15.7. The number of fused-ring (bicyclic) bond motifs is 1. The molecule has 3 amide bonds. The molecular formula is C38H45N11O10. The van der Waals surface area contributed by atoms with Crippen LogP contribution in [0.4, 0.5) is 17.3 Å². The van der Waals surface area contributed by atoms with Crippen molar-refractivity contribution in [1.82, 2.24) is 40.8 Å². The number of non-ortho nitro benzene ring substituents is 1. The Hall–Kier alpha value is -7.32. The Morgan fingerprint density at radius 3 is 2.22 bits per heavy atom. The SMILES string of the molecule is CC(=O)OCCNC(=O)CC[C@H](NC(=O)c1ccc(NCc2cnc3nc(/N=C/N(C)C)nc(OCCc4ccc([N+](=O)[O-])cc4)c3n2)cc1)C(=O)NCCOC(C)=O. The van der Waals surface area contributed by atoms with Crippen LogP contribution in [0, 0.1) is 10.1 Å². The maximum atomic E-state index is 13.2. The number of rotatable bonds is 22. The van der Waals surface area contributed by atoms with Crippen LogP contribution in [0.3, 0.4) is 0 Å². The van der Waals surface area contributed by atoms with Crippen molar-refractivity contribution in [1.29, 1.82) is 0 Å². The van der Waals surface area contributed by atoms with E-state index >= 15 is 0 Å². The molecule has 0 aliphatic rings. The highest BCUT2D eigenvalue weighted by atomic mass is 16.6. The number of carbonyl (C=O) groups excluding carboxylic acids is 5. The van der Waals surface area contributed by atoms with Crippen LogP contribution < -0.4 is 26.0 Å². The van der Waals surface area contributed by atoms with E-state index in [0.717, 1.165) is 5.56 Å². The predicted molar refractivity (Wildman–Crippen MR) is 213 cm³/mol. The monoisotopic (exact) mass is 815 g/mol. The first-order valence-corrected chi connectivity index (χ1v) is 18.3. The summed E-state index contributed by atoms with van der Waals surface area (Å²) in [5.74, 6) is -2.28. The molecule has 0 aliphatic carbocycles. The summed E-state index contributed by atoms with van der Waals surface area (Å²) in [6.45, 7) is 2.89. The number of carbonyl (C=O) groups is 5. The second-order valence-corrected chi connectivity index (χ2v) is 12.9. The highest BCUT2D eigenvalue weighted by molar-refractivity contribution is 5.98. The van der Waals surface area contributed by atoms with Gasteiger partial charge in [-0.1, -0.05) is 12.1 Å². The molecule has 0 saturated carbocycles. The van der Waals surface area contributed by atoms with E-state index < -0.39 is 40.6 Å². The number of nitro groups is 1. The van der Waals surface area contributed by atoms with Crippen molar-refractivity contribution in [3.05, 3.63) is 81.7 Å². The summed E-state index contributed by atoms with van der Waals surface area (Å²) >= 11 is 0. The van der Waals surface area contributed by atoms with Gasteiger partial charge in [-0.15, -0.1) is 0 Å². The first-order valence-electron chi connectivity index (χ1n) is 18.3. The van der Waals surface area contributed by atoms with Gasteiger partial charge in [0.15, 0.2) is 11.2 Å². The summed E-state index contributed by atoms with van der Waals surface area (Å²) in [6.07, 6.45) is 3.36. The van der Waals surface area contributed by atoms with E-state index in [2.05, 4.69) is 46.2 Å². The van der Waals surface area contributed by atoms with Gasteiger partial charge in [0.2, 0.25) is 17.7 Å². The summed E-state index contributed by atoms with van der Waals surface area (Å²) in [6, 6.07) is 11.5. The molecule has 2 aromatic heterocycles. The number of hydrogen-bond donors (Lipinski definition) is 4. The Bertz CT molecular complexity index is 2130. The molecule has 0 unspecified atom stereocenters. The largest absolute Gasteiger partial charge is 0.476 e. The Balaban J connectivity index is 1.40. The lowest BCUT2D eigenvalue weighted by molar-refractivity contribution is -0.384. The van der Waals surface area contributed by atoms with Gasteiger partial charge in [-0.05, 0) is 36.2 Å². The summed E-state index contributed by atoms with van der Waals surface area (Å²) in [4.78, 5) is 95.1. The van der Waals surface area contributed by atoms with E-state index in [1.165, 1.54) is 32.3 Å². The number of aliphatic imine (C=N–C) groups is 1. The molecule has 21 nitrogen and oxygen atoms in total. The van der Waals surface area contributed by atoms with Crippen molar-refractivity contribution >= 4 is 64.5 Å². The molecule has 2 aromatic carbocycles. The number of anilines is 1. The Morgan fingerprint density at radius 2 is 1.58 bits per heavy atom. The number of benzene rings is 2. The molecule has 59 heavy (non-hydrogen) atoms. The zero-order chi connectivity index (χ0) is 42.7. The van der Waals surface area contributed by atoms with Gasteiger partial charge in [-0.25, -0.2) is 15.0 Å². The molecule has 0 saturated heterocycles. The average molecular weight is 816 g/mol. The van der Waals surface area contributed by atoms with E-state index in [4.69, 9.17) is 14.2 Å². The molecular weight excluding hydrogens is 770 g/mol. The van der Waals surface area contributed by atoms with E-state index in [1.807, 2.05) is 0 Å². The second kappa shape index (κ2) is 22.4. The van der Waals surface area contributed by atoms with Crippen LogP contribution in [-0.2, 0) is 41.6 Å². The van der Waals surface area contributed by atoms with Crippen LogP contribution in [-0.4, -0.2) is 119 Å². The summed E-state index contributed by atoms with van der Waals surface area (Å²) in [5, 5.41) is 22.1. The van der Waals surface area contributed by atoms with Crippen molar-refractivity contribution in [3.63, 3.8) is 0 Å². The fraction of sp³-hybridized carbons (Fsp3) is 0.368. The quantitative estimate of drug-likeness (QED) is 0.0221. The lowest BCUT2D eigenvalue weighted by atomic mass is 10.1. The molecule has 2 heterocycles. The minimum atomic E-state index is -1.10. The van der Waals surface area contributed by atoms with E-state index in [9.17, 15) is 34.1 Å². The summed E-state index contributed by atoms with van der Waals surface area (Å²) in [5.41, 5.74) is 2.77. The molecule has 0 radical (unpaired) electrons. The highest BCUT2D eigenvalue weighted by Crippen LogP contribution is 2.23. The van der Waals surface area contributed by atoms with Gasteiger partial charge in [0.25, 0.3) is 17.5 Å². The first kappa shape index (κ1) is 44.4. The lowest BCUT2D eigenvalue weighted by Gasteiger charge is -2.19. The second-order valence-electron chi connectivity index (χ2n) is 12.9. The Morgan fingerprint density at radius 1 is 0.898 bits per heavy atom. The van der Waals surface area contributed by atoms with Gasteiger partial charge in [-0.2, -0.15) is 9.97 Å². The topological polar surface area (TPSA) is 271 Å². The van der Waals surface area contributed by atoms with E-state index in [1.54, 1.807) is 61.6 Å². The van der Waals surface area contributed by atoms with Gasteiger partial charge >= 0.3 is 11.9 Å². The molecule has 0 bridgehead atoms.